The molecule has 0 radical (unpaired) electrons. The number of carboxylic acid groups (broad SMARTS) is 2. The molecule has 19 nitrogen and oxygen atoms in total. The molecule has 0 spiro atoms. The molecule has 24 heteroatoms. The molecule has 4 aromatic rings. The van der Waals surface area contributed by atoms with Gasteiger partial charge >= 0.3 is 37.7 Å². The average molecular weight is 1060 g/mol. The van der Waals surface area contributed by atoms with Crippen LogP contribution < -0.4 is 24.6 Å². The van der Waals surface area contributed by atoms with E-state index in [4.69, 9.17) is 5.73 Å². The van der Waals surface area contributed by atoms with E-state index in [-0.39, 0.29) is 74.3 Å². The minimum atomic E-state index is -3.66. The van der Waals surface area contributed by atoms with Gasteiger partial charge in [-0.2, -0.15) is 0 Å². The van der Waals surface area contributed by atoms with Crippen molar-refractivity contribution in [3.05, 3.63) is 94.8 Å². The third-order valence-corrected chi connectivity index (χ3v) is 12.1. The van der Waals surface area contributed by atoms with E-state index in [1.54, 1.807) is 0 Å². The molecular weight excluding hydrogens is 997 g/mol. The minimum Gasteiger partial charge on any atom is -0.550 e. The fourth-order valence-electron chi connectivity index (χ4n) is 6.07. The summed E-state index contributed by atoms with van der Waals surface area (Å²) in [7, 11) is -4.67. The van der Waals surface area contributed by atoms with Gasteiger partial charge in [-0.3, -0.25) is 0 Å². The van der Waals surface area contributed by atoms with Crippen LogP contribution in [0.4, 0.5) is 20.7 Å². The van der Waals surface area contributed by atoms with Crippen molar-refractivity contribution >= 4 is 93.8 Å². The molecule has 0 aliphatic rings. The fourth-order valence-corrected chi connectivity index (χ4v) is 6.83. The van der Waals surface area contributed by atoms with Crippen LogP contribution in [0.25, 0.3) is 34.7 Å². The third kappa shape index (κ3) is 21.3. The molecule has 0 fully saturated rings. The van der Waals surface area contributed by atoms with E-state index in [1.165, 1.54) is 86.9 Å². The zero-order valence-corrected chi connectivity index (χ0v) is 44.4. The molecule has 0 aliphatic heterocycles. The first-order valence-electron chi connectivity index (χ1n) is 21.4. The van der Waals surface area contributed by atoms with Crippen molar-refractivity contribution in [1.82, 2.24) is 19.9 Å². The van der Waals surface area contributed by atoms with E-state index in [0.717, 1.165) is 21.1 Å². The van der Waals surface area contributed by atoms with Crippen molar-refractivity contribution in [1.29, 1.82) is 0 Å². The van der Waals surface area contributed by atoms with Crippen LogP contribution in [0, 0.1) is 24.0 Å². The van der Waals surface area contributed by atoms with Crippen molar-refractivity contribution in [3.8, 4) is 34.9 Å². The molecule has 0 amide bonds. The van der Waals surface area contributed by atoms with Gasteiger partial charge in [-0.05, 0) is 60.4 Å². The molecule has 2 heterocycles. The monoisotopic (exact) mass is 1060 g/mol. The largest absolute Gasteiger partial charge is 2.00 e. The van der Waals surface area contributed by atoms with Gasteiger partial charge < -0.3 is 46.0 Å². The number of anilines is 2. The van der Waals surface area contributed by atoms with Gasteiger partial charge in [0.05, 0.1) is 66.2 Å². The number of carboxylic acids is 2. The van der Waals surface area contributed by atoms with E-state index in [0.29, 0.717) is 51.6 Å². The quantitative estimate of drug-likeness (QED) is 0.0616. The number of nitrogens with two attached hydrogens (primary N) is 1. The summed E-state index contributed by atoms with van der Waals surface area (Å²) in [6.07, 6.45) is 5.81. The summed E-state index contributed by atoms with van der Waals surface area (Å²) >= 11 is 0. The zero-order valence-electron chi connectivity index (χ0n) is 40.6. The van der Waals surface area contributed by atoms with Crippen LogP contribution in [-0.4, -0.2) is 164 Å². The standard InChI is InChI=1S/2C22H28FN3O6S.C3H5N.Ca/c2*1-13(2)20-18(10-9-16(27)11-17(28)12-19(29)30)21(14-5-7-15(23)8-6-14)25-22(24-20)26(3)33(4,31)32;1-2-3-4;/h2*5-10,13,16-17,27-28H,11-12H2,1-4H3,(H,29,30);1H,3-4H2;/q;;;+2/p-2/t2*16-,17-;;/m11../s1. The minimum absolute atomic E-state index is 0. The Morgan fingerprint density at radius 1 is 0.676 bits per heavy atom. The maximum atomic E-state index is 13.5. The van der Waals surface area contributed by atoms with E-state index in [1.807, 2.05) is 27.7 Å². The average Bonchev–Trinajstić information content (AvgIpc) is 3.26. The van der Waals surface area contributed by atoms with Crippen molar-refractivity contribution in [2.45, 2.75) is 89.6 Å². The summed E-state index contributed by atoms with van der Waals surface area (Å²) in [5.74, 6) is -2.07. The number of rotatable bonds is 20. The Bertz CT molecular complexity index is 2550. The van der Waals surface area contributed by atoms with Crippen molar-refractivity contribution in [2.24, 2.45) is 5.73 Å². The fraction of sp³-hybridized carbons (Fsp3) is 0.404. The first-order chi connectivity index (χ1) is 32.5. The van der Waals surface area contributed by atoms with Crippen LogP contribution in [-0.2, 0) is 29.6 Å². The number of aromatic nitrogens is 4. The maximum Gasteiger partial charge on any atom is 2.00 e. The second-order valence-corrected chi connectivity index (χ2v) is 20.3. The van der Waals surface area contributed by atoms with Crippen LogP contribution in [0.2, 0.25) is 0 Å². The van der Waals surface area contributed by atoms with E-state index in [2.05, 4.69) is 32.3 Å². The number of carbonyl (C=O) groups is 2. The van der Waals surface area contributed by atoms with Gasteiger partial charge in [0.2, 0.25) is 31.9 Å². The molecule has 0 saturated carbocycles. The number of sulfonamides is 2. The van der Waals surface area contributed by atoms with E-state index < -0.39 is 80.9 Å². The summed E-state index contributed by atoms with van der Waals surface area (Å²) in [6.45, 7) is 7.73. The van der Waals surface area contributed by atoms with Gasteiger partial charge in [0.1, 0.15) is 11.6 Å². The second kappa shape index (κ2) is 29.5. The number of carbonyl (C=O) groups excluding carboxylic acids is 2. The Balaban J connectivity index is 0.000000651. The number of aliphatic carboxylic acids is 2. The Labute approximate surface area is 443 Å². The van der Waals surface area contributed by atoms with Crippen LogP contribution in [0.15, 0.2) is 60.7 Å². The number of hydrogen-bond donors (Lipinski definition) is 5. The van der Waals surface area contributed by atoms with Crippen LogP contribution in [0.3, 0.4) is 0 Å². The van der Waals surface area contributed by atoms with Gasteiger partial charge in [-0.1, -0.05) is 57.9 Å². The summed E-state index contributed by atoms with van der Waals surface area (Å²) < 4.78 is 77.1. The maximum absolute atomic E-state index is 13.5. The second-order valence-electron chi connectivity index (χ2n) is 16.3. The molecule has 4 atom stereocenters. The number of terminal acetylenes is 1. The van der Waals surface area contributed by atoms with E-state index in [9.17, 15) is 65.8 Å². The molecule has 0 unspecified atom stereocenters. The van der Waals surface area contributed by atoms with Gasteiger partial charge in [-0.25, -0.2) is 54.2 Å². The number of benzene rings is 2. The molecule has 4 rings (SSSR count). The first-order valence-corrected chi connectivity index (χ1v) is 25.0. The van der Waals surface area contributed by atoms with Crippen LogP contribution in [0.1, 0.15) is 87.7 Å². The molecule has 0 saturated heterocycles. The van der Waals surface area contributed by atoms with Gasteiger partial charge in [0, 0.05) is 74.0 Å². The summed E-state index contributed by atoms with van der Waals surface area (Å²) in [5.41, 5.74) is 8.31. The number of aliphatic hydroxyl groups is 4. The molecule has 0 bridgehead atoms. The van der Waals surface area contributed by atoms with Gasteiger partial charge in [0.25, 0.3) is 0 Å². The summed E-state index contributed by atoms with van der Waals surface area (Å²) in [5, 5.41) is 61.1. The Morgan fingerprint density at radius 2 is 0.972 bits per heavy atom. The van der Waals surface area contributed by atoms with Gasteiger partial charge in [-0.15, -0.1) is 6.42 Å². The third-order valence-electron chi connectivity index (χ3n) is 9.73. The number of halogens is 2. The number of nitrogens with zero attached hydrogens (tertiary/aromatic N) is 6. The Kier molecular flexibility index (Phi) is 26.6. The SMILES string of the molecule is C#CCN.CC(C)c1nc(N(C)S(C)(=O)=O)nc(-c2ccc(F)cc2)c1C=C[C@@H](O)C[C@@H](O)CC(=O)[O-].CC(C)c1nc(N(C)S(C)(=O)=O)nc(-c2ccc(F)cc2)c1C=C[C@@H](O)C[C@@H](O)CC(=O)[O-].[Ca+2]. The van der Waals surface area contributed by atoms with Crippen molar-refractivity contribution in [2.75, 3.05) is 41.8 Å². The molecule has 382 valence electrons. The Morgan fingerprint density at radius 3 is 1.21 bits per heavy atom. The number of aliphatic hydroxyl groups excluding tert-OH is 4. The normalized spacial score (nSPS) is 13.2. The smallest absolute Gasteiger partial charge is 0.550 e. The van der Waals surface area contributed by atoms with Crippen LogP contribution >= 0.6 is 0 Å². The van der Waals surface area contributed by atoms with Crippen molar-refractivity contribution < 1.29 is 65.8 Å². The first kappa shape index (κ1) is 64.0. The molecule has 6 N–H and O–H groups in total. The summed E-state index contributed by atoms with van der Waals surface area (Å²) in [6, 6.07) is 10.9. The van der Waals surface area contributed by atoms with Crippen molar-refractivity contribution in [3.63, 3.8) is 0 Å². The molecule has 2 aromatic heterocycles. The predicted molar refractivity (Wildman–Crippen MR) is 264 cm³/mol. The topological polar surface area (TPSA) is 314 Å². The van der Waals surface area contributed by atoms with E-state index >= 15 is 0 Å². The molecular formula is C47H59CaF2N7O12S2. The molecule has 0 aliphatic carbocycles. The zero-order chi connectivity index (χ0) is 53.3. The predicted octanol–water partition coefficient (Wildman–Crippen LogP) is 1.33. The molecule has 71 heavy (non-hydrogen) atoms. The Hall–Kier alpha value is -5.00. The molecule has 2 aromatic carbocycles. The number of hydrogen-bond acceptors (Lipinski definition) is 17. The van der Waals surface area contributed by atoms with Gasteiger partial charge in [0.15, 0.2) is 0 Å². The summed E-state index contributed by atoms with van der Waals surface area (Å²) in [4.78, 5) is 38.9. The van der Waals surface area contributed by atoms with Crippen LogP contribution in [0.5, 0.6) is 0 Å².